The van der Waals surface area contributed by atoms with E-state index >= 15 is 0 Å². The number of fused-ring (bicyclic) bond motifs is 1. The molecule has 0 fully saturated rings. The molecule has 3 aromatic rings. The van der Waals surface area contributed by atoms with Gasteiger partial charge in [-0.2, -0.15) is 0 Å². The Bertz CT molecular complexity index is 768. The second-order valence-corrected chi connectivity index (χ2v) is 6.47. The lowest BCUT2D eigenvalue weighted by molar-refractivity contribution is 0.625. The molecule has 0 aliphatic heterocycles. The molecule has 0 radical (unpaired) electrons. The summed E-state index contributed by atoms with van der Waals surface area (Å²) in [6.07, 6.45) is 1.04. The van der Waals surface area contributed by atoms with Gasteiger partial charge in [0, 0.05) is 12.6 Å². The summed E-state index contributed by atoms with van der Waals surface area (Å²) < 4.78 is 2.33. The van der Waals surface area contributed by atoms with E-state index in [4.69, 9.17) is 10.7 Å². The van der Waals surface area contributed by atoms with E-state index in [1.165, 1.54) is 16.0 Å². The zero-order valence-electron chi connectivity index (χ0n) is 12.8. The fourth-order valence-electron chi connectivity index (χ4n) is 2.76. The topological polar surface area (TPSA) is 43.8 Å². The molecule has 0 saturated carbocycles. The zero-order valence-corrected chi connectivity index (χ0v) is 13.6. The quantitative estimate of drug-likeness (QED) is 0.777. The number of benzene rings is 1. The molecule has 0 atom stereocenters. The average Bonchev–Trinajstić information content (AvgIpc) is 3.09. The van der Waals surface area contributed by atoms with Crippen LogP contribution < -0.4 is 5.73 Å². The first kappa shape index (κ1) is 14.3. The predicted octanol–water partition coefficient (Wildman–Crippen LogP) is 4.37. The molecule has 1 aromatic carbocycles. The van der Waals surface area contributed by atoms with Crippen molar-refractivity contribution < 1.29 is 0 Å². The van der Waals surface area contributed by atoms with Crippen LogP contribution in [0.2, 0.25) is 0 Å². The Hall–Kier alpha value is -1.65. The summed E-state index contributed by atoms with van der Waals surface area (Å²) in [6, 6.07) is 8.93. The molecule has 2 heterocycles. The van der Waals surface area contributed by atoms with Crippen LogP contribution in [-0.4, -0.2) is 9.55 Å². The first-order valence-corrected chi connectivity index (χ1v) is 8.31. The molecule has 3 nitrogen and oxygen atoms in total. The van der Waals surface area contributed by atoms with Crippen LogP contribution in [0.3, 0.4) is 0 Å². The van der Waals surface area contributed by atoms with Crippen molar-refractivity contribution in [1.82, 2.24) is 9.55 Å². The summed E-state index contributed by atoms with van der Waals surface area (Å²) in [7, 11) is 0. The summed E-state index contributed by atoms with van der Waals surface area (Å²) >= 11 is 1.78. The first-order valence-electron chi connectivity index (χ1n) is 7.43. The third-order valence-corrected chi connectivity index (χ3v) is 4.79. The number of hydrogen-bond donors (Lipinski definition) is 1. The maximum absolute atomic E-state index is 5.75. The largest absolute Gasteiger partial charge is 0.326 e. The molecule has 0 unspecified atom stereocenters. The van der Waals surface area contributed by atoms with E-state index in [1.54, 1.807) is 11.3 Å². The van der Waals surface area contributed by atoms with Gasteiger partial charge < -0.3 is 10.3 Å². The van der Waals surface area contributed by atoms with Gasteiger partial charge in [-0.3, -0.25) is 0 Å². The molecule has 0 aliphatic rings. The minimum atomic E-state index is 0.375. The Morgan fingerprint density at radius 1 is 1.29 bits per heavy atom. The number of aromatic nitrogens is 2. The standard InChI is InChI=1S/C17H21N3S/c1-4-13-7-8-21-16(13)17-19-14-9-12(10-18)5-6-15(14)20(17)11(2)3/h5-9,11H,4,10,18H2,1-3H3. The second-order valence-electron chi connectivity index (χ2n) is 5.55. The maximum Gasteiger partial charge on any atom is 0.151 e. The molecule has 0 amide bonds. The van der Waals surface area contributed by atoms with Gasteiger partial charge in [-0.25, -0.2) is 4.98 Å². The molecule has 0 bridgehead atoms. The van der Waals surface area contributed by atoms with E-state index in [9.17, 15) is 0 Å². The summed E-state index contributed by atoms with van der Waals surface area (Å²) in [5, 5.41) is 2.16. The van der Waals surface area contributed by atoms with Gasteiger partial charge in [-0.15, -0.1) is 11.3 Å². The predicted molar refractivity (Wildman–Crippen MR) is 90.7 cm³/mol. The third-order valence-electron chi connectivity index (χ3n) is 3.84. The molecule has 4 heteroatoms. The lowest BCUT2D eigenvalue weighted by Gasteiger charge is -2.13. The highest BCUT2D eigenvalue weighted by Gasteiger charge is 2.18. The fourth-order valence-corrected chi connectivity index (χ4v) is 3.75. The van der Waals surface area contributed by atoms with Crippen LogP contribution >= 0.6 is 11.3 Å². The summed E-state index contributed by atoms with van der Waals surface area (Å²) in [4.78, 5) is 6.20. The van der Waals surface area contributed by atoms with E-state index in [2.05, 4.69) is 55.0 Å². The molecular weight excluding hydrogens is 278 g/mol. The van der Waals surface area contributed by atoms with Gasteiger partial charge in [0.1, 0.15) is 0 Å². The molecule has 2 aromatic heterocycles. The van der Waals surface area contributed by atoms with Crippen molar-refractivity contribution in [3.63, 3.8) is 0 Å². The smallest absolute Gasteiger partial charge is 0.151 e. The summed E-state index contributed by atoms with van der Waals surface area (Å²) in [6.45, 7) is 7.17. The Morgan fingerprint density at radius 2 is 2.10 bits per heavy atom. The monoisotopic (exact) mass is 299 g/mol. The van der Waals surface area contributed by atoms with Gasteiger partial charge in [-0.1, -0.05) is 13.0 Å². The van der Waals surface area contributed by atoms with E-state index in [-0.39, 0.29) is 0 Å². The summed E-state index contributed by atoms with van der Waals surface area (Å²) in [5.74, 6) is 1.08. The Labute approximate surface area is 129 Å². The van der Waals surface area contributed by atoms with Crippen LogP contribution in [0.1, 0.15) is 37.9 Å². The molecule has 0 spiro atoms. The van der Waals surface area contributed by atoms with Crippen LogP contribution in [-0.2, 0) is 13.0 Å². The minimum Gasteiger partial charge on any atom is -0.326 e. The van der Waals surface area contributed by atoms with Gasteiger partial charge >= 0.3 is 0 Å². The normalized spacial score (nSPS) is 11.7. The minimum absolute atomic E-state index is 0.375. The van der Waals surface area contributed by atoms with Gasteiger partial charge in [-0.05, 0) is 55.0 Å². The summed E-state index contributed by atoms with van der Waals surface area (Å²) in [5.41, 5.74) is 10.5. The number of nitrogens with zero attached hydrogens (tertiary/aromatic N) is 2. The number of aryl methyl sites for hydroxylation is 1. The third kappa shape index (κ3) is 2.39. The van der Waals surface area contributed by atoms with E-state index in [0.717, 1.165) is 23.3 Å². The highest BCUT2D eigenvalue weighted by Crippen LogP contribution is 2.34. The first-order chi connectivity index (χ1) is 10.2. The van der Waals surface area contributed by atoms with Crippen molar-refractivity contribution in [2.75, 3.05) is 0 Å². The van der Waals surface area contributed by atoms with E-state index < -0.39 is 0 Å². The Balaban J connectivity index is 2.28. The molecule has 21 heavy (non-hydrogen) atoms. The SMILES string of the molecule is CCc1ccsc1-c1nc2cc(CN)ccc2n1C(C)C. The lowest BCUT2D eigenvalue weighted by atomic mass is 10.2. The van der Waals surface area contributed by atoms with Crippen LogP contribution in [0, 0.1) is 0 Å². The molecule has 0 saturated heterocycles. The Morgan fingerprint density at radius 3 is 2.76 bits per heavy atom. The number of rotatable bonds is 4. The second kappa shape index (κ2) is 5.62. The van der Waals surface area contributed by atoms with Crippen LogP contribution in [0.5, 0.6) is 0 Å². The van der Waals surface area contributed by atoms with Gasteiger partial charge in [0.05, 0.1) is 15.9 Å². The molecule has 3 rings (SSSR count). The highest BCUT2D eigenvalue weighted by atomic mass is 32.1. The van der Waals surface area contributed by atoms with Crippen LogP contribution in [0.4, 0.5) is 0 Å². The van der Waals surface area contributed by atoms with E-state index in [0.29, 0.717) is 12.6 Å². The molecular formula is C17H21N3S. The van der Waals surface area contributed by atoms with Gasteiger partial charge in [0.25, 0.3) is 0 Å². The van der Waals surface area contributed by atoms with Gasteiger partial charge in [0.2, 0.25) is 0 Å². The highest BCUT2D eigenvalue weighted by molar-refractivity contribution is 7.13. The maximum atomic E-state index is 5.75. The average molecular weight is 299 g/mol. The fraction of sp³-hybridized carbons (Fsp3) is 0.353. The van der Waals surface area contributed by atoms with E-state index in [1.807, 2.05) is 0 Å². The molecule has 110 valence electrons. The number of nitrogens with two attached hydrogens (primary N) is 1. The van der Waals surface area contributed by atoms with Crippen molar-refractivity contribution in [3.8, 4) is 10.7 Å². The van der Waals surface area contributed by atoms with Crippen molar-refractivity contribution in [2.24, 2.45) is 5.73 Å². The van der Waals surface area contributed by atoms with Crippen LogP contribution in [0.15, 0.2) is 29.6 Å². The van der Waals surface area contributed by atoms with Crippen molar-refractivity contribution in [1.29, 1.82) is 0 Å². The zero-order chi connectivity index (χ0) is 15.0. The van der Waals surface area contributed by atoms with Crippen LogP contribution in [0.25, 0.3) is 21.7 Å². The van der Waals surface area contributed by atoms with Crippen molar-refractivity contribution >= 4 is 22.4 Å². The molecule has 0 aliphatic carbocycles. The Kier molecular flexibility index (Phi) is 3.83. The van der Waals surface area contributed by atoms with Gasteiger partial charge in [0.15, 0.2) is 5.82 Å². The molecule has 2 N–H and O–H groups in total. The number of imidazole rings is 1. The number of hydrogen-bond acceptors (Lipinski definition) is 3. The number of thiophene rings is 1. The van der Waals surface area contributed by atoms with Crippen molar-refractivity contribution in [3.05, 3.63) is 40.8 Å². The lowest BCUT2D eigenvalue weighted by Crippen LogP contribution is -2.03. The van der Waals surface area contributed by atoms with Crippen molar-refractivity contribution in [2.45, 2.75) is 39.8 Å².